The van der Waals surface area contributed by atoms with Gasteiger partial charge in [-0.3, -0.25) is 4.98 Å². The summed E-state index contributed by atoms with van der Waals surface area (Å²) < 4.78 is 60.3. The van der Waals surface area contributed by atoms with Crippen molar-refractivity contribution >= 4 is 19.9 Å². The highest BCUT2D eigenvalue weighted by Gasteiger charge is 2.25. The highest BCUT2D eigenvalue weighted by molar-refractivity contribution is 7.91. The normalized spacial score (nSPS) is 12.1. The van der Waals surface area contributed by atoms with Crippen molar-refractivity contribution in [3.8, 4) is 5.75 Å². The Morgan fingerprint density at radius 1 is 0.938 bits per heavy atom. The lowest BCUT2D eigenvalue weighted by atomic mass is 10.0. The second-order valence-corrected chi connectivity index (χ2v) is 11.2. The fourth-order valence-corrected chi connectivity index (χ4v) is 6.05. The average Bonchev–Trinajstić information content (AvgIpc) is 2.79. The van der Waals surface area contributed by atoms with Crippen LogP contribution in [0.4, 0.5) is 0 Å². The molecule has 170 valence electrons. The first-order valence-corrected chi connectivity index (χ1v) is 13.0. The highest BCUT2D eigenvalue weighted by atomic mass is 32.2. The summed E-state index contributed by atoms with van der Waals surface area (Å²) in [7, 11) is -6.44. The highest BCUT2D eigenvalue weighted by Crippen LogP contribution is 2.30. The van der Waals surface area contributed by atoms with E-state index >= 15 is 0 Å². The molecule has 9 heteroatoms. The molecule has 0 unspecified atom stereocenters. The van der Waals surface area contributed by atoms with Crippen LogP contribution in [0.1, 0.15) is 31.0 Å². The van der Waals surface area contributed by atoms with Crippen LogP contribution >= 0.6 is 0 Å². The topological polar surface area (TPSA) is 102 Å². The molecule has 1 N–H and O–H groups in total. The SMILES string of the molecule is COc1cccc(S(=O)(=O)c2ccc(C(C)C)c(S(=O)(=O)NCCc3ccccn3)c2)c1. The molecular formula is C23H26N2O5S2. The zero-order valence-electron chi connectivity index (χ0n) is 18.1. The van der Waals surface area contributed by atoms with E-state index in [1.807, 2.05) is 26.0 Å². The van der Waals surface area contributed by atoms with Crippen LogP contribution in [0.5, 0.6) is 5.75 Å². The second kappa shape index (κ2) is 9.81. The first-order chi connectivity index (χ1) is 15.1. The first-order valence-electron chi connectivity index (χ1n) is 10.1. The molecule has 0 radical (unpaired) electrons. The number of nitrogens with one attached hydrogen (secondary N) is 1. The van der Waals surface area contributed by atoms with Crippen molar-refractivity contribution in [3.05, 3.63) is 78.1 Å². The smallest absolute Gasteiger partial charge is 0.240 e. The van der Waals surface area contributed by atoms with Gasteiger partial charge >= 0.3 is 0 Å². The molecule has 0 atom stereocenters. The number of hydrogen-bond donors (Lipinski definition) is 1. The summed E-state index contributed by atoms with van der Waals surface area (Å²) in [5, 5.41) is 0. The maximum absolute atomic E-state index is 13.2. The van der Waals surface area contributed by atoms with Gasteiger partial charge in [-0.2, -0.15) is 0 Å². The van der Waals surface area contributed by atoms with E-state index in [-0.39, 0.29) is 27.1 Å². The molecule has 0 bridgehead atoms. The van der Waals surface area contributed by atoms with E-state index < -0.39 is 19.9 Å². The summed E-state index contributed by atoms with van der Waals surface area (Å²) in [5.41, 5.74) is 1.30. The van der Waals surface area contributed by atoms with Crippen molar-refractivity contribution in [2.75, 3.05) is 13.7 Å². The fraction of sp³-hybridized carbons (Fsp3) is 0.261. The van der Waals surface area contributed by atoms with Crippen LogP contribution in [0.25, 0.3) is 0 Å². The maximum atomic E-state index is 13.2. The van der Waals surface area contributed by atoms with E-state index in [1.54, 1.807) is 30.5 Å². The van der Waals surface area contributed by atoms with Gasteiger partial charge in [0, 0.05) is 24.9 Å². The van der Waals surface area contributed by atoms with Crippen molar-refractivity contribution in [1.82, 2.24) is 9.71 Å². The summed E-state index contributed by atoms with van der Waals surface area (Å²) in [6.45, 7) is 3.86. The minimum atomic E-state index is -3.95. The lowest BCUT2D eigenvalue weighted by Crippen LogP contribution is -2.27. The number of pyridine rings is 1. The van der Waals surface area contributed by atoms with Crippen LogP contribution in [0.2, 0.25) is 0 Å². The Bertz CT molecular complexity index is 1290. The lowest BCUT2D eigenvalue weighted by molar-refractivity contribution is 0.413. The maximum Gasteiger partial charge on any atom is 0.240 e. The molecule has 1 aromatic heterocycles. The van der Waals surface area contributed by atoms with Gasteiger partial charge in [0.1, 0.15) is 5.75 Å². The molecule has 0 aliphatic heterocycles. The Hall–Kier alpha value is -2.75. The van der Waals surface area contributed by atoms with Gasteiger partial charge in [-0.1, -0.05) is 32.0 Å². The van der Waals surface area contributed by atoms with Crippen LogP contribution in [-0.2, 0) is 26.3 Å². The Kier molecular flexibility index (Phi) is 7.33. The molecule has 3 rings (SSSR count). The summed E-state index contributed by atoms with van der Waals surface area (Å²) >= 11 is 0. The summed E-state index contributed by atoms with van der Waals surface area (Å²) in [6.07, 6.45) is 2.06. The van der Waals surface area contributed by atoms with Gasteiger partial charge in [0.2, 0.25) is 19.9 Å². The van der Waals surface area contributed by atoms with Crippen molar-refractivity contribution in [1.29, 1.82) is 0 Å². The predicted molar refractivity (Wildman–Crippen MR) is 122 cm³/mol. The van der Waals surface area contributed by atoms with Crippen LogP contribution in [0.15, 0.2) is 81.5 Å². The molecule has 7 nitrogen and oxygen atoms in total. The molecule has 3 aromatic rings. The number of hydrogen-bond acceptors (Lipinski definition) is 6. The molecule has 0 fully saturated rings. The summed E-state index contributed by atoms with van der Waals surface area (Å²) in [4.78, 5) is 4.07. The number of benzene rings is 2. The van der Waals surface area contributed by atoms with Gasteiger partial charge in [0.15, 0.2) is 0 Å². The Morgan fingerprint density at radius 3 is 2.34 bits per heavy atom. The average molecular weight is 475 g/mol. The number of nitrogens with zero attached hydrogens (tertiary/aromatic N) is 1. The Balaban J connectivity index is 1.96. The van der Waals surface area contributed by atoms with Gasteiger partial charge in [-0.05, 0) is 53.9 Å². The van der Waals surface area contributed by atoms with Crippen LogP contribution in [0, 0.1) is 0 Å². The molecule has 0 spiro atoms. The Morgan fingerprint density at radius 2 is 1.69 bits per heavy atom. The van der Waals surface area contributed by atoms with Crippen molar-refractivity contribution in [3.63, 3.8) is 0 Å². The zero-order valence-corrected chi connectivity index (χ0v) is 19.8. The molecule has 0 aliphatic rings. The number of methoxy groups -OCH3 is 1. The van der Waals surface area contributed by atoms with Crippen molar-refractivity contribution in [2.24, 2.45) is 0 Å². The third-order valence-corrected chi connectivity index (χ3v) is 8.22. The van der Waals surface area contributed by atoms with Crippen LogP contribution < -0.4 is 9.46 Å². The number of sulfonamides is 1. The quantitative estimate of drug-likeness (QED) is 0.509. The van der Waals surface area contributed by atoms with Gasteiger partial charge in [-0.25, -0.2) is 21.6 Å². The number of aromatic nitrogens is 1. The van der Waals surface area contributed by atoms with Gasteiger partial charge in [0.05, 0.1) is 21.8 Å². The van der Waals surface area contributed by atoms with Crippen LogP contribution in [-0.4, -0.2) is 35.5 Å². The van der Waals surface area contributed by atoms with E-state index in [0.717, 1.165) is 5.69 Å². The molecular weight excluding hydrogens is 448 g/mol. The molecule has 0 aliphatic carbocycles. The van der Waals surface area contributed by atoms with Crippen LogP contribution in [0.3, 0.4) is 0 Å². The standard InChI is InChI=1S/C23H26N2O5S2/c1-17(2)22-11-10-21(31(26,27)20-9-6-8-19(15-20)30-3)16-23(22)32(28,29)25-14-12-18-7-4-5-13-24-18/h4-11,13,15-17,25H,12,14H2,1-3H3. The Labute approximate surface area is 189 Å². The summed E-state index contributed by atoms with van der Waals surface area (Å²) in [5.74, 6) is 0.278. The van der Waals surface area contributed by atoms with Crippen molar-refractivity contribution in [2.45, 2.75) is 40.9 Å². The monoisotopic (exact) mass is 474 g/mol. The molecule has 2 aromatic carbocycles. The second-order valence-electron chi connectivity index (χ2n) is 7.51. The fourth-order valence-electron chi connectivity index (χ4n) is 3.23. The predicted octanol–water partition coefficient (Wildman–Crippen LogP) is 3.57. The third-order valence-electron chi connectivity index (χ3n) is 4.96. The number of sulfone groups is 1. The van der Waals surface area contributed by atoms with Crippen molar-refractivity contribution < 1.29 is 21.6 Å². The molecule has 32 heavy (non-hydrogen) atoms. The van der Waals surface area contributed by atoms with Gasteiger partial charge in [0.25, 0.3) is 0 Å². The van der Waals surface area contributed by atoms with Gasteiger partial charge < -0.3 is 4.74 Å². The van der Waals surface area contributed by atoms with E-state index in [9.17, 15) is 16.8 Å². The number of ether oxygens (including phenoxy) is 1. The summed E-state index contributed by atoms with van der Waals surface area (Å²) in [6, 6.07) is 15.7. The minimum Gasteiger partial charge on any atom is -0.497 e. The molecule has 0 saturated heterocycles. The first kappa shape index (κ1) is 23.9. The van der Waals surface area contributed by atoms with E-state index in [0.29, 0.717) is 17.7 Å². The molecule has 0 saturated carbocycles. The van der Waals surface area contributed by atoms with E-state index in [4.69, 9.17) is 4.74 Å². The molecule has 1 heterocycles. The minimum absolute atomic E-state index is 0.0283. The zero-order chi connectivity index (χ0) is 23.4. The van der Waals surface area contributed by atoms with Gasteiger partial charge in [-0.15, -0.1) is 0 Å². The van der Waals surface area contributed by atoms with E-state index in [1.165, 1.54) is 31.4 Å². The lowest BCUT2D eigenvalue weighted by Gasteiger charge is -2.16. The number of rotatable bonds is 9. The third kappa shape index (κ3) is 5.35. The molecule has 0 amide bonds. The van der Waals surface area contributed by atoms with E-state index in [2.05, 4.69) is 9.71 Å². The largest absolute Gasteiger partial charge is 0.497 e.